The molecule has 20 heavy (non-hydrogen) atoms. The third kappa shape index (κ3) is 2.59. The van der Waals surface area contributed by atoms with Crippen LogP contribution in [0.1, 0.15) is 16.5 Å². The fraction of sp³-hybridized carbons (Fsp3) is 0.333. The Morgan fingerprint density at radius 1 is 1.25 bits per heavy atom. The summed E-state index contributed by atoms with van der Waals surface area (Å²) in [6, 6.07) is 8.21. The van der Waals surface area contributed by atoms with Gasteiger partial charge in [0, 0.05) is 31.3 Å². The average molecular weight is 286 g/mol. The van der Waals surface area contributed by atoms with Gasteiger partial charge in [-0.25, -0.2) is 9.97 Å². The number of benzene rings is 1. The smallest absolute Gasteiger partial charge is 0.111 e. The normalized spacial score (nSPS) is 12.9. The van der Waals surface area contributed by atoms with Crippen molar-refractivity contribution < 1.29 is 0 Å². The molecule has 1 unspecified atom stereocenters. The van der Waals surface area contributed by atoms with Gasteiger partial charge in [0.1, 0.15) is 5.82 Å². The quantitative estimate of drug-likeness (QED) is 0.801. The summed E-state index contributed by atoms with van der Waals surface area (Å²) < 4.78 is 2.13. The largest absolute Gasteiger partial charge is 0.331 e. The van der Waals surface area contributed by atoms with Crippen molar-refractivity contribution in [3.63, 3.8) is 0 Å². The maximum absolute atomic E-state index is 6.25. The van der Waals surface area contributed by atoms with Crippen molar-refractivity contribution in [1.82, 2.24) is 14.5 Å². The van der Waals surface area contributed by atoms with Crippen molar-refractivity contribution in [1.29, 1.82) is 0 Å². The van der Waals surface area contributed by atoms with Crippen LogP contribution < -0.4 is 5.73 Å². The Bertz CT molecular complexity index is 728. The minimum absolute atomic E-state index is 0.0482. The minimum atomic E-state index is 0.0482. The number of nitrogens with two attached hydrogens (primary N) is 1. The number of hydrogen-bond acceptors (Lipinski definition) is 4. The molecule has 104 valence electrons. The van der Waals surface area contributed by atoms with Crippen LogP contribution in [0.15, 0.2) is 29.6 Å². The molecule has 0 amide bonds. The summed E-state index contributed by atoms with van der Waals surface area (Å²) in [6.07, 6.45) is 1.56. The number of imidazole rings is 1. The van der Waals surface area contributed by atoms with Crippen LogP contribution in [-0.4, -0.2) is 20.6 Å². The van der Waals surface area contributed by atoms with Gasteiger partial charge < -0.3 is 10.3 Å². The fourth-order valence-electron chi connectivity index (χ4n) is 2.46. The summed E-state index contributed by atoms with van der Waals surface area (Å²) in [5, 5.41) is 3.18. The third-order valence-corrected chi connectivity index (χ3v) is 4.28. The monoisotopic (exact) mass is 286 g/mol. The Labute approximate surface area is 122 Å². The van der Waals surface area contributed by atoms with Gasteiger partial charge in [-0.15, -0.1) is 11.3 Å². The van der Waals surface area contributed by atoms with Gasteiger partial charge >= 0.3 is 0 Å². The number of nitrogens with zero attached hydrogens (tertiary/aromatic N) is 3. The molecular formula is C15H18N4S. The van der Waals surface area contributed by atoms with Crippen molar-refractivity contribution in [2.24, 2.45) is 12.8 Å². The van der Waals surface area contributed by atoms with Gasteiger partial charge in [0.15, 0.2) is 0 Å². The van der Waals surface area contributed by atoms with Gasteiger partial charge in [-0.05, 0) is 19.1 Å². The van der Waals surface area contributed by atoms with E-state index in [2.05, 4.69) is 26.0 Å². The van der Waals surface area contributed by atoms with E-state index in [0.29, 0.717) is 0 Å². The Morgan fingerprint density at radius 2 is 2.05 bits per heavy atom. The van der Waals surface area contributed by atoms with Gasteiger partial charge in [-0.2, -0.15) is 0 Å². The van der Waals surface area contributed by atoms with E-state index >= 15 is 0 Å². The van der Waals surface area contributed by atoms with Crippen molar-refractivity contribution in [2.75, 3.05) is 0 Å². The highest BCUT2D eigenvalue weighted by Crippen LogP contribution is 2.16. The minimum Gasteiger partial charge on any atom is -0.331 e. The van der Waals surface area contributed by atoms with Crippen molar-refractivity contribution >= 4 is 22.4 Å². The molecular weight excluding hydrogens is 268 g/mol. The Kier molecular flexibility index (Phi) is 3.54. The second-order valence-electron chi connectivity index (χ2n) is 5.10. The first-order chi connectivity index (χ1) is 9.63. The Balaban J connectivity index is 1.77. The van der Waals surface area contributed by atoms with E-state index in [-0.39, 0.29) is 6.04 Å². The summed E-state index contributed by atoms with van der Waals surface area (Å²) in [5.74, 6) is 1.03. The van der Waals surface area contributed by atoms with Crippen LogP contribution in [0.4, 0.5) is 0 Å². The summed E-state index contributed by atoms with van der Waals surface area (Å²) in [6.45, 7) is 2.02. The summed E-state index contributed by atoms with van der Waals surface area (Å²) in [5.41, 5.74) is 9.51. The van der Waals surface area contributed by atoms with Crippen LogP contribution in [0.5, 0.6) is 0 Å². The predicted octanol–water partition coefficient (Wildman–Crippen LogP) is 2.45. The molecule has 1 atom stereocenters. The van der Waals surface area contributed by atoms with E-state index in [1.807, 2.05) is 32.2 Å². The van der Waals surface area contributed by atoms with Crippen LogP contribution in [-0.2, 0) is 19.9 Å². The lowest BCUT2D eigenvalue weighted by atomic mass is 10.1. The van der Waals surface area contributed by atoms with Gasteiger partial charge in [0.2, 0.25) is 0 Å². The molecule has 3 rings (SSSR count). The number of aromatic nitrogens is 3. The molecule has 1 aromatic carbocycles. The maximum atomic E-state index is 6.25. The van der Waals surface area contributed by atoms with Crippen LogP contribution in [0.3, 0.4) is 0 Å². The van der Waals surface area contributed by atoms with Gasteiger partial charge in [0.05, 0.1) is 21.7 Å². The van der Waals surface area contributed by atoms with E-state index in [1.54, 1.807) is 11.3 Å². The van der Waals surface area contributed by atoms with E-state index in [1.165, 1.54) is 0 Å². The van der Waals surface area contributed by atoms with Crippen LogP contribution in [0.25, 0.3) is 11.0 Å². The first-order valence-electron chi connectivity index (χ1n) is 6.70. The van der Waals surface area contributed by atoms with Gasteiger partial charge in [-0.1, -0.05) is 12.1 Å². The maximum Gasteiger partial charge on any atom is 0.111 e. The van der Waals surface area contributed by atoms with Crippen LogP contribution in [0.2, 0.25) is 0 Å². The van der Waals surface area contributed by atoms with E-state index in [9.17, 15) is 0 Å². The predicted molar refractivity (Wildman–Crippen MR) is 82.9 cm³/mol. The molecule has 0 aliphatic heterocycles. The fourth-order valence-corrected chi connectivity index (χ4v) is 3.08. The zero-order valence-electron chi connectivity index (χ0n) is 11.7. The van der Waals surface area contributed by atoms with Crippen molar-refractivity contribution in [3.8, 4) is 0 Å². The molecule has 2 aromatic heterocycles. The summed E-state index contributed by atoms with van der Waals surface area (Å²) >= 11 is 1.67. The second kappa shape index (κ2) is 5.34. The second-order valence-corrected chi connectivity index (χ2v) is 6.16. The average Bonchev–Trinajstić information content (AvgIpc) is 2.95. The highest BCUT2D eigenvalue weighted by Gasteiger charge is 2.13. The van der Waals surface area contributed by atoms with Gasteiger partial charge in [0.25, 0.3) is 0 Å². The number of fused-ring (bicyclic) bond motifs is 1. The molecule has 0 aliphatic carbocycles. The first-order valence-corrected chi connectivity index (χ1v) is 7.58. The van der Waals surface area contributed by atoms with Gasteiger partial charge in [-0.3, -0.25) is 0 Å². The van der Waals surface area contributed by atoms with E-state index in [0.717, 1.165) is 40.4 Å². The topological polar surface area (TPSA) is 56.7 Å². The molecule has 0 spiro atoms. The third-order valence-electron chi connectivity index (χ3n) is 3.46. The van der Waals surface area contributed by atoms with E-state index < -0.39 is 0 Å². The number of aryl methyl sites for hydroxylation is 2. The number of para-hydroxylation sites is 2. The summed E-state index contributed by atoms with van der Waals surface area (Å²) in [7, 11) is 2.05. The first kappa shape index (κ1) is 13.3. The summed E-state index contributed by atoms with van der Waals surface area (Å²) in [4.78, 5) is 9.13. The molecule has 0 fully saturated rings. The lowest BCUT2D eigenvalue weighted by Crippen LogP contribution is -2.27. The molecule has 0 radical (unpaired) electrons. The number of rotatable bonds is 4. The van der Waals surface area contributed by atoms with Crippen molar-refractivity contribution in [2.45, 2.75) is 25.8 Å². The standard InChI is InChI=1S/C15H18N4S/c1-10-17-12(9-20-10)7-11(16)8-15-18-13-5-3-4-6-14(13)19(15)2/h3-6,9,11H,7-8,16H2,1-2H3. The van der Waals surface area contributed by atoms with E-state index in [4.69, 9.17) is 5.73 Å². The zero-order valence-corrected chi connectivity index (χ0v) is 12.5. The molecule has 5 heteroatoms. The molecule has 0 bridgehead atoms. The molecule has 3 aromatic rings. The number of hydrogen-bond donors (Lipinski definition) is 1. The highest BCUT2D eigenvalue weighted by atomic mass is 32.1. The SMILES string of the molecule is Cc1nc(CC(N)Cc2nc3ccccc3n2C)cs1. The zero-order chi connectivity index (χ0) is 14.1. The van der Waals surface area contributed by atoms with Crippen molar-refractivity contribution in [3.05, 3.63) is 46.2 Å². The highest BCUT2D eigenvalue weighted by molar-refractivity contribution is 7.09. The molecule has 0 saturated heterocycles. The molecule has 0 saturated carbocycles. The Hall–Kier alpha value is -1.72. The molecule has 0 aliphatic rings. The molecule has 2 heterocycles. The van der Waals surface area contributed by atoms with Crippen LogP contribution >= 0.6 is 11.3 Å². The lowest BCUT2D eigenvalue weighted by molar-refractivity contribution is 0.619. The molecule has 4 nitrogen and oxygen atoms in total. The molecule has 2 N–H and O–H groups in total. The number of thiazole rings is 1. The lowest BCUT2D eigenvalue weighted by Gasteiger charge is -2.09. The van der Waals surface area contributed by atoms with Crippen LogP contribution in [0, 0.1) is 6.92 Å². The Morgan fingerprint density at radius 3 is 2.75 bits per heavy atom.